The Balaban J connectivity index is 1.76. The highest BCUT2D eigenvalue weighted by Gasteiger charge is 2.42. The van der Waals surface area contributed by atoms with Crippen molar-refractivity contribution in [2.24, 2.45) is 5.73 Å². The molecule has 1 aliphatic rings. The van der Waals surface area contributed by atoms with Crippen molar-refractivity contribution in [3.8, 4) is 0 Å². The number of anilines is 1. The van der Waals surface area contributed by atoms with Gasteiger partial charge in [0.2, 0.25) is 11.2 Å². The highest BCUT2D eigenvalue weighted by atomic mass is 79.9. The Morgan fingerprint density at radius 1 is 1.50 bits per heavy atom. The molecule has 6 nitrogen and oxygen atoms in total. The van der Waals surface area contributed by atoms with Gasteiger partial charge in [-0.3, -0.25) is 0 Å². The van der Waals surface area contributed by atoms with E-state index in [1.807, 2.05) is 18.4 Å². The van der Waals surface area contributed by atoms with E-state index in [0.717, 1.165) is 22.3 Å². The molecule has 0 unspecified atom stereocenters. The maximum atomic E-state index is 13.7. The monoisotopic (exact) mass is 490 g/mol. The molecule has 2 atom stereocenters. The predicted molar refractivity (Wildman–Crippen MR) is 109 cm³/mol. The van der Waals surface area contributed by atoms with Gasteiger partial charge in [0.25, 0.3) is 0 Å². The van der Waals surface area contributed by atoms with Gasteiger partial charge in [-0.1, -0.05) is 0 Å². The highest BCUT2D eigenvalue weighted by Crippen LogP contribution is 2.45. The summed E-state index contributed by atoms with van der Waals surface area (Å²) < 4.78 is 34.1. The molecule has 0 bridgehead atoms. The number of fused-ring (bicyclic) bond motifs is 1. The van der Waals surface area contributed by atoms with E-state index in [-0.39, 0.29) is 24.0 Å². The molecule has 11 heteroatoms. The number of nitrogens with zero attached hydrogens (tertiary/aromatic N) is 4. The number of nitrogens with two attached hydrogens (primary N) is 1. The fourth-order valence-corrected chi connectivity index (χ4v) is 5.41. The van der Waals surface area contributed by atoms with Crippen molar-refractivity contribution in [2.75, 3.05) is 5.32 Å². The first-order chi connectivity index (χ1) is 13.3. The van der Waals surface area contributed by atoms with Crippen LogP contribution in [0.15, 0.2) is 16.0 Å². The minimum Gasteiger partial charge on any atom is -0.362 e. The van der Waals surface area contributed by atoms with Gasteiger partial charge < -0.3 is 11.1 Å². The summed E-state index contributed by atoms with van der Waals surface area (Å²) in [6, 6.07) is 1.29. The van der Waals surface area contributed by atoms with Crippen molar-refractivity contribution in [1.29, 1.82) is 0 Å². The molecule has 3 aromatic heterocycles. The minimum atomic E-state index is -2.71. The number of aromatic nitrogens is 4. The molecule has 150 valence electrons. The number of nitrogens with one attached hydrogen (secondary N) is 1. The van der Waals surface area contributed by atoms with Crippen LogP contribution in [0.1, 0.15) is 42.0 Å². The van der Waals surface area contributed by atoms with Gasteiger partial charge in [0.05, 0.1) is 12.2 Å². The van der Waals surface area contributed by atoms with E-state index in [1.165, 1.54) is 11.5 Å². The number of halogens is 4. The SMILES string of the molecule is Cc1c([C@H]2CCC(F)(F)C[C@@H]2N)c(Br)n2nc(Cl)nc(NCc3ccsn3)c12. The molecule has 3 heterocycles. The second kappa shape index (κ2) is 7.47. The molecule has 0 aliphatic heterocycles. The lowest BCUT2D eigenvalue weighted by molar-refractivity contribution is -0.0447. The fourth-order valence-electron chi connectivity index (χ4n) is 3.86. The number of hydrogen-bond acceptors (Lipinski definition) is 6. The Morgan fingerprint density at radius 3 is 2.96 bits per heavy atom. The average Bonchev–Trinajstić information content (AvgIpc) is 3.21. The Kier molecular flexibility index (Phi) is 5.32. The molecule has 1 saturated carbocycles. The van der Waals surface area contributed by atoms with Crippen molar-refractivity contribution >= 4 is 50.4 Å². The molecule has 4 rings (SSSR count). The third-order valence-corrected chi connectivity index (χ3v) is 6.68. The molecular weight excluding hydrogens is 474 g/mol. The van der Waals surface area contributed by atoms with Crippen LogP contribution in [-0.2, 0) is 6.54 Å². The Morgan fingerprint density at radius 2 is 2.29 bits per heavy atom. The summed E-state index contributed by atoms with van der Waals surface area (Å²) in [7, 11) is 0. The summed E-state index contributed by atoms with van der Waals surface area (Å²) in [5.41, 5.74) is 9.55. The summed E-state index contributed by atoms with van der Waals surface area (Å²) in [4.78, 5) is 4.33. The van der Waals surface area contributed by atoms with Crippen LogP contribution >= 0.6 is 39.1 Å². The summed E-state index contributed by atoms with van der Waals surface area (Å²) in [5, 5.41) is 9.53. The van der Waals surface area contributed by atoms with Gasteiger partial charge in [-0.25, -0.2) is 13.3 Å². The fraction of sp³-hybridized carbons (Fsp3) is 0.471. The summed E-state index contributed by atoms with van der Waals surface area (Å²) >= 11 is 11.1. The zero-order valence-corrected chi connectivity index (χ0v) is 18.1. The number of aryl methyl sites for hydroxylation is 1. The van der Waals surface area contributed by atoms with E-state index in [2.05, 4.69) is 35.7 Å². The predicted octanol–water partition coefficient (Wildman–Crippen LogP) is 4.75. The molecule has 3 aromatic rings. The first kappa shape index (κ1) is 19.9. The zero-order chi connectivity index (χ0) is 20.1. The number of hydrogen-bond donors (Lipinski definition) is 2. The third-order valence-electron chi connectivity index (χ3n) is 5.16. The smallest absolute Gasteiger partial charge is 0.249 e. The minimum absolute atomic E-state index is 0.0787. The Hall–Kier alpha value is -1.36. The van der Waals surface area contributed by atoms with Crippen molar-refractivity contribution in [2.45, 2.75) is 50.6 Å². The van der Waals surface area contributed by atoms with Crippen LogP contribution in [0, 0.1) is 6.92 Å². The molecule has 0 radical (unpaired) electrons. The van der Waals surface area contributed by atoms with Gasteiger partial charge in [0, 0.05) is 30.2 Å². The second-order valence-corrected chi connectivity index (χ2v) is 8.79. The summed E-state index contributed by atoms with van der Waals surface area (Å²) in [6.45, 7) is 2.42. The van der Waals surface area contributed by atoms with Crippen molar-refractivity contribution in [3.63, 3.8) is 0 Å². The lowest BCUT2D eigenvalue weighted by Gasteiger charge is -2.34. The largest absolute Gasteiger partial charge is 0.362 e. The van der Waals surface area contributed by atoms with Crippen molar-refractivity contribution in [1.82, 2.24) is 19.0 Å². The molecule has 1 fully saturated rings. The van der Waals surface area contributed by atoms with Crippen LogP contribution < -0.4 is 11.1 Å². The third kappa shape index (κ3) is 3.62. The van der Waals surface area contributed by atoms with Crippen LogP contribution in [-0.4, -0.2) is 30.9 Å². The lowest BCUT2D eigenvalue weighted by Crippen LogP contribution is -2.40. The first-order valence-corrected chi connectivity index (χ1v) is 10.8. The van der Waals surface area contributed by atoms with Gasteiger partial charge in [-0.2, -0.15) is 9.36 Å². The second-order valence-electron chi connectivity index (χ2n) is 7.03. The van der Waals surface area contributed by atoms with Crippen LogP contribution in [0.5, 0.6) is 0 Å². The Bertz CT molecular complexity index is 1010. The molecule has 0 spiro atoms. The molecular formula is C17H18BrClF2N6S. The molecule has 3 N–H and O–H groups in total. The van der Waals surface area contributed by atoms with E-state index in [0.29, 0.717) is 23.4 Å². The average molecular weight is 492 g/mol. The van der Waals surface area contributed by atoms with Crippen LogP contribution in [0.4, 0.5) is 14.6 Å². The van der Waals surface area contributed by atoms with Gasteiger partial charge in [-0.05, 0) is 69.6 Å². The quantitative estimate of drug-likeness (QED) is 0.550. The van der Waals surface area contributed by atoms with Crippen LogP contribution in [0.2, 0.25) is 5.28 Å². The van der Waals surface area contributed by atoms with Crippen LogP contribution in [0.3, 0.4) is 0 Å². The maximum Gasteiger partial charge on any atom is 0.249 e. The molecule has 1 aliphatic carbocycles. The molecule has 0 amide bonds. The summed E-state index contributed by atoms with van der Waals surface area (Å²) in [5.74, 6) is -2.34. The number of rotatable bonds is 4. The van der Waals surface area contributed by atoms with Crippen molar-refractivity contribution in [3.05, 3.63) is 38.2 Å². The zero-order valence-electron chi connectivity index (χ0n) is 14.9. The Labute approximate surface area is 177 Å². The molecule has 0 aromatic carbocycles. The molecule has 28 heavy (non-hydrogen) atoms. The molecule has 0 saturated heterocycles. The maximum absolute atomic E-state index is 13.7. The lowest BCUT2D eigenvalue weighted by atomic mass is 9.78. The standard InChI is InChI=1S/C17H18BrClF2N6S/c1-8-12(10-2-4-17(20,21)6-11(10)22)14(18)27-13(8)15(24-16(19)25-27)23-7-9-3-5-28-26-9/h3,5,10-11H,2,4,6-7,22H2,1H3,(H,23,24,25)/t10-,11-/m0/s1. The normalized spacial score (nSPS) is 21.9. The number of alkyl halides is 2. The van der Waals surface area contributed by atoms with Crippen molar-refractivity contribution < 1.29 is 8.78 Å². The van der Waals surface area contributed by atoms with Gasteiger partial charge in [-0.15, -0.1) is 5.10 Å². The van der Waals surface area contributed by atoms with Gasteiger partial charge in [0.1, 0.15) is 10.1 Å². The van der Waals surface area contributed by atoms with E-state index in [1.54, 1.807) is 4.52 Å². The van der Waals surface area contributed by atoms with E-state index >= 15 is 0 Å². The van der Waals surface area contributed by atoms with Gasteiger partial charge in [0.15, 0.2) is 5.82 Å². The topological polar surface area (TPSA) is 81.1 Å². The first-order valence-electron chi connectivity index (χ1n) is 8.77. The van der Waals surface area contributed by atoms with E-state index < -0.39 is 12.0 Å². The van der Waals surface area contributed by atoms with Crippen LogP contribution in [0.25, 0.3) is 5.52 Å². The summed E-state index contributed by atoms with van der Waals surface area (Å²) in [6.07, 6.45) is -0.185. The van der Waals surface area contributed by atoms with Gasteiger partial charge >= 0.3 is 0 Å². The highest BCUT2D eigenvalue weighted by molar-refractivity contribution is 9.10. The van der Waals surface area contributed by atoms with E-state index in [9.17, 15) is 8.78 Å². The van der Waals surface area contributed by atoms with E-state index in [4.69, 9.17) is 17.3 Å².